The molecule has 0 saturated heterocycles. The number of ether oxygens (including phenoxy) is 2. The molecule has 2 aliphatic rings. The highest BCUT2D eigenvalue weighted by Crippen LogP contribution is 2.44. The highest BCUT2D eigenvalue weighted by molar-refractivity contribution is 5.97. The first-order valence-corrected chi connectivity index (χ1v) is 21.4. The molecule has 3 aromatic heterocycles. The molecule has 0 unspecified atom stereocenters. The second-order valence-corrected chi connectivity index (χ2v) is 15.8. The molecule has 0 fully saturated rings. The van der Waals surface area contributed by atoms with Crippen LogP contribution in [-0.2, 0) is 9.47 Å². The molecule has 8 bridgehead atoms. The molecular weight excluding hydrogens is 789 g/mol. The van der Waals surface area contributed by atoms with Crippen LogP contribution in [0.3, 0.4) is 0 Å². The van der Waals surface area contributed by atoms with Crippen molar-refractivity contribution in [1.29, 1.82) is 0 Å². The predicted molar refractivity (Wildman–Crippen MR) is 256 cm³/mol. The smallest absolute Gasteiger partial charge is 0.205 e. The van der Waals surface area contributed by atoms with E-state index in [9.17, 15) is 5.11 Å². The number of aromatic nitrogens is 4. The van der Waals surface area contributed by atoms with E-state index in [4.69, 9.17) is 19.4 Å². The molecule has 7 heteroatoms. The van der Waals surface area contributed by atoms with Gasteiger partial charge in [-0.25, -0.2) is 9.97 Å². The molecule has 7 nitrogen and oxygen atoms in total. The van der Waals surface area contributed by atoms with Crippen molar-refractivity contribution in [1.82, 2.24) is 19.9 Å². The van der Waals surface area contributed by atoms with Gasteiger partial charge in [0.1, 0.15) is 17.5 Å². The maximum absolute atomic E-state index is 12.4. The van der Waals surface area contributed by atoms with Crippen LogP contribution in [0.4, 0.5) is 0 Å². The molecule has 0 spiro atoms. The fourth-order valence-corrected chi connectivity index (χ4v) is 8.86. The molecule has 0 radical (unpaired) electrons. The first-order chi connectivity index (χ1) is 31.7. The summed E-state index contributed by atoms with van der Waals surface area (Å²) in [5, 5.41) is 12.4. The van der Waals surface area contributed by atoms with Crippen molar-refractivity contribution in [3.05, 3.63) is 240 Å². The van der Waals surface area contributed by atoms with Gasteiger partial charge in [-0.2, -0.15) is 0 Å². The molecular formula is C57H42N4O3. The fraction of sp³-hybridized carbons (Fsp3) is 0.0526. The zero-order chi connectivity index (χ0) is 42.8. The summed E-state index contributed by atoms with van der Waals surface area (Å²) in [4.78, 5) is 18.6. The van der Waals surface area contributed by atoms with Crippen molar-refractivity contribution < 1.29 is 14.6 Å². The maximum Gasteiger partial charge on any atom is 0.205 e. The van der Waals surface area contributed by atoms with Crippen LogP contribution >= 0.6 is 0 Å². The summed E-state index contributed by atoms with van der Waals surface area (Å²) in [6.45, 7) is 0. The molecule has 11 rings (SSSR count). The third kappa shape index (κ3) is 7.44. The Morgan fingerprint density at radius 2 is 0.750 bits per heavy atom. The molecule has 0 amide bonds. The number of hydrogen-bond donors (Lipinski definition) is 3. The minimum absolute atomic E-state index is 0.337. The Kier molecular flexibility index (Phi) is 10.4. The fourth-order valence-electron chi connectivity index (χ4n) is 8.86. The Hall–Kier alpha value is -7.94. The number of nitrogens with one attached hydrogen (secondary N) is 2. The van der Waals surface area contributed by atoms with Gasteiger partial charge in [0, 0.05) is 44.3 Å². The minimum atomic E-state index is -1.48. The Balaban J connectivity index is 1.30. The molecule has 9 aromatic rings. The van der Waals surface area contributed by atoms with Gasteiger partial charge in [-0.15, -0.1) is 0 Å². The lowest BCUT2D eigenvalue weighted by Crippen LogP contribution is -2.24. The molecule has 3 N–H and O–H groups in total. The number of fused-ring (bicyclic) bond motifs is 8. The summed E-state index contributed by atoms with van der Waals surface area (Å²) >= 11 is 0. The topological polar surface area (TPSA) is 96.1 Å². The Morgan fingerprint density at radius 3 is 1.16 bits per heavy atom. The van der Waals surface area contributed by atoms with Gasteiger partial charge in [-0.3, -0.25) is 0 Å². The summed E-state index contributed by atoms with van der Waals surface area (Å²) in [7, 11) is 0. The van der Waals surface area contributed by atoms with Gasteiger partial charge in [-0.1, -0.05) is 182 Å². The van der Waals surface area contributed by atoms with Crippen molar-refractivity contribution in [2.24, 2.45) is 0 Å². The number of rotatable bonds is 8. The molecule has 64 heavy (non-hydrogen) atoms. The molecule has 0 saturated carbocycles. The van der Waals surface area contributed by atoms with E-state index in [0.29, 0.717) is 17.0 Å². The Bertz CT molecular complexity index is 3240. The lowest BCUT2D eigenvalue weighted by molar-refractivity contribution is -0.257. The SMILES string of the molecule is O[C@H]1O[C@H](OC(c2ccccc2)c2ccccc2)c2nc1c(-c1ccccc1)c1ccc([nH]1)c(-c1ccccc1)c1nc(c(-c3ccccc3)c3ccc([nH]3)c2-c2ccccc2)C=C1. The van der Waals surface area contributed by atoms with Gasteiger partial charge in [-0.05, 0) is 69.8 Å². The second-order valence-electron chi connectivity index (χ2n) is 15.8. The number of aliphatic hydroxyl groups is 1. The lowest BCUT2D eigenvalue weighted by atomic mass is 9.99. The van der Waals surface area contributed by atoms with E-state index in [2.05, 4.69) is 76.7 Å². The number of aliphatic hydroxyl groups excluding tert-OH is 1. The van der Waals surface area contributed by atoms with Crippen LogP contribution in [0.2, 0.25) is 0 Å². The normalized spacial score (nSPS) is 14.7. The molecule has 0 aliphatic carbocycles. The summed E-state index contributed by atoms with van der Waals surface area (Å²) < 4.78 is 14.0. The van der Waals surface area contributed by atoms with Gasteiger partial charge in [0.15, 0.2) is 0 Å². The van der Waals surface area contributed by atoms with E-state index in [-0.39, 0.29) is 0 Å². The predicted octanol–water partition coefficient (Wildman–Crippen LogP) is 13.7. The van der Waals surface area contributed by atoms with Gasteiger partial charge in [0.2, 0.25) is 12.6 Å². The van der Waals surface area contributed by atoms with Crippen molar-refractivity contribution in [2.45, 2.75) is 18.7 Å². The monoisotopic (exact) mass is 830 g/mol. The van der Waals surface area contributed by atoms with Crippen molar-refractivity contribution in [3.63, 3.8) is 0 Å². The van der Waals surface area contributed by atoms with E-state index in [1.165, 1.54) is 0 Å². The average molecular weight is 831 g/mol. The summed E-state index contributed by atoms with van der Waals surface area (Å²) in [5.41, 5.74) is 14.7. The standard InChI is InChI=1S/C57H42N4O3/c62-56-53-51(39-23-11-3-12-24-39)47-35-33-45(59-47)49(37-19-7-1-8-20-37)43-31-32-44(58-43)50(38-21-9-2-10-22-38)46-34-36-48(60-46)52(40-25-13-4-14-26-40)54(61-53)57(64-56)63-55(41-27-15-5-16-28-41)42-29-17-6-18-30-42/h1-36,55-57,59-60,62H/t56-,57-/m0/s1. The first-order valence-electron chi connectivity index (χ1n) is 21.4. The second kappa shape index (κ2) is 17.1. The van der Waals surface area contributed by atoms with Gasteiger partial charge in [0.05, 0.1) is 11.4 Å². The van der Waals surface area contributed by atoms with Crippen molar-refractivity contribution >= 4 is 34.2 Å². The molecule has 5 heterocycles. The minimum Gasteiger partial charge on any atom is -0.363 e. The largest absolute Gasteiger partial charge is 0.363 e. The first kappa shape index (κ1) is 38.9. The zero-order valence-electron chi connectivity index (χ0n) is 34.7. The van der Waals surface area contributed by atoms with E-state index in [1.807, 2.05) is 152 Å². The number of hydrogen-bond acceptors (Lipinski definition) is 5. The van der Waals surface area contributed by atoms with Crippen LogP contribution in [0.25, 0.3) is 78.7 Å². The Morgan fingerprint density at radius 1 is 0.406 bits per heavy atom. The van der Waals surface area contributed by atoms with E-state index in [0.717, 1.165) is 83.5 Å². The van der Waals surface area contributed by atoms with Crippen LogP contribution in [-0.4, -0.2) is 25.0 Å². The van der Waals surface area contributed by atoms with Gasteiger partial charge >= 0.3 is 0 Å². The highest BCUT2D eigenvalue weighted by atomic mass is 16.7. The number of H-pyrrole nitrogens is 2. The summed E-state index contributed by atoms with van der Waals surface area (Å²) in [5.74, 6) is 0. The van der Waals surface area contributed by atoms with Crippen molar-refractivity contribution in [2.75, 3.05) is 0 Å². The molecule has 2 aliphatic heterocycles. The van der Waals surface area contributed by atoms with Crippen LogP contribution < -0.4 is 0 Å². The third-order valence-corrected chi connectivity index (χ3v) is 11.8. The van der Waals surface area contributed by atoms with Crippen LogP contribution in [0.5, 0.6) is 0 Å². The Labute approximate surface area is 370 Å². The highest BCUT2D eigenvalue weighted by Gasteiger charge is 2.34. The quantitative estimate of drug-likeness (QED) is 0.142. The molecule has 6 aromatic carbocycles. The maximum atomic E-state index is 12.4. The number of benzene rings is 6. The van der Waals surface area contributed by atoms with Gasteiger partial charge < -0.3 is 24.5 Å². The molecule has 308 valence electrons. The molecule has 2 atom stereocenters. The lowest BCUT2D eigenvalue weighted by Gasteiger charge is -2.31. The van der Waals surface area contributed by atoms with E-state index in [1.54, 1.807) is 0 Å². The zero-order valence-corrected chi connectivity index (χ0v) is 34.7. The number of nitrogens with zero attached hydrogens (tertiary/aromatic N) is 2. The summed E-state index contributed by atoms with van der Waals surface area (Å²) in [6.07, 6.45) is 1.02. The average Bonchev–Trinajstić information content (AvgIpc) is 4.15. The summed E-state index contributed by atoms with van der Waals surface area (Å²) in [6, 6.07) is 69.3. The van der Waals surface area contributed by atoms with Crippen molar-refractivity contribution in [3.8, 4) is 44.5 Å². The van der Waals surface area contributed by atoms with Gasteiger partial charge in [0.25, 0.3) is 0 Å². The van der Waals surface area contributed by atoms with Crippen LogP contribution in [0, 0.1) is 0 Å². The third-order valence-electron chi connectivity index (χ3n) is 11.8. The van der Waals surface area contributed by atoms with E-state index < -0.39 is 18.7 Å². The number of aromatic amines is 2. The van der Waals surface area contributed by atoms with Crippen LogP contribution in [0.1, 0.15) is 52.6 Å². The van der Waals surface area contributed by atoms with E-state index >= 15 is 0 Å². The van der Waals surface area contributed by atoms with Crippen LogP contribution in [0.15, 0.2) is 206 Å².